The average Bonchev–Trinajstić information content (AvgIpc) is 2.63. The van der Waals surface area contributed by atoms with Gasteiger partial charge in [0.25, 0.3) is 0 Å². The van der Waals surface area contributed by atoms with Gasteiger partial charge in [-0.15, -0.1) is 0 Å². The summed E-state index contributed by atoms with van der Waals surface area (Å²) in [5, 5.41) is 3.62. The third-order valence-electron chi connectivity index (χ3n) is 1.49. The molecule has 0 fully saturated rings. The van der Waals surface area contributed by atoms with Crippen LogP contribution in [-0.2, 0) is 10.5 Å². The summed E-state index contributed by atoms with van der Waals surface area (Å²) < 4.78 is 9.74. The van der Waals surface area contributed by atoms with Gasteiger partial charge in [-0.05, 0) is 12.7 Å². The van der Waals surface area contributed by atoms with Crippen molar-refractivity contribution < 1.29 is 14.1 Å². The van der Waals surface area contributed by atoms with Gasteiger partial charge in [-0.2, -0.15) is 11.8 Å². The zero-order valence-corrected chi connectivity index (χ0v) is 9.10. The van der Waals surface area contributed by atoms with Crippen LogP contribution in [0.3, 0.4) is 0 Å². The summed E-state index contributed by atoms with van der Waals surface area (Å²) in [5.41, 5.74) is 0.249. The molecule has 78 valence electrons. The second-order valence-corrected chi connectivity index (χ2v) is 3.81. The normalized spacial score (nSPS) is 10.1. The Labute approximate surface area is 87.0 Å². The third-order valence-corrected chi connectivity index (χ3v) is 2.39. The number of rotatable bonds is 5. The average molecular weight is 215 g/mol. The van der Waals surface area contributed by atoms with E-state index >= 15 is 0 Å². The first kappa shape index (κ1) is 11.1. The summed E-state index contributed by atoms with van der Waals surface area (Å²) in [6.45, 7) is 4.17. The summed E-state index contributed by atoms with van der Waals surface area (Å²) >= 11 is 1.71. The van der Waals surface area contributed by atoms with Crippen molar-refractivity contribution in [3.8, 4) is 0 Å². The number of esters is 1. The van der Waals surface area contributed by atoms with Gasteiger partial charge in [0.15, 0.2) is 5.69 Å². The van der Waals surface area contributed by atoms with Gasteiger partial charge in [0.1, 0.15) is 5.76 Å². The molecule has 5 heteroatoms. The van der Waals surface area contributed by atoms with Gasteiger partial charge < -0.3 is 9.26 Å². The first-order valence-corrected chi connectivity index (χ1v) is 5.63. The zero-order chi connectivity index (χ0) is 10.4. The van der Waals surface area contributed by atoms with Crippen molar-refractivity contribution in [2.24, 2.45) is 0 Å². The fraction of sp³-hybridized carbons (Fsp3) is 0.556. The second-order valence-electron chi connectivity index (χ2n) is 2.54. The molecular weight excluding hydrogens is 202 g/mol. The minimum atomic E-state index is -0.427. The van der Waals surface area contributed by atoms with Crippen molar-refractivity contribution in [3.63, 3.8) is 0 Å². The predicted octanol–water partition coefficient (Wildman–Crippen LogP) is 2.10. The van der Waals surface area contributed by atoms with Crippen LogP contribution >= 0.6 is 11.8 Å². The Bertz CT molecular complexity index is 298. The molecule has 0 atom stereocenters. The van der Waals surface area contributed by atoms with Crippen molar-refractivity contribution in [3.05, 3.63) is 17.5 Å². The van der Waals surface area contributed by atoms with Gasteiger partial charge in [0.2, 0.25) is 0 Å². The summed E-state index contributed by atoms with van der Waals surface area (Å²) in [7, 11) is 0. The lowest BCUT2D eigenvalue weighted by atomic mass is 10.4. The van der Waals surface area contributed by atoms with Crippen LogP contribution in [0.2, 0.25) is 0 Å². The van der Waals surface area contributed by atoms with Crippen LogP contribution in [0.1, 0.15) is 30.1 Å². The molecule has 1 rings (SSSR count). The quantitative estimate of drug-likeness (QED) is 0.704. The van der Waals surface area contributed by atoms with E-state index in [0.717, 1.165) is 11.5 Å². The Kier molecular flexibility index (Phi) is 4.52. The maximum Gasteiger partial charge on any atom is 0.360 e. The largest absolute Gasteiger partial charge is 0.461 e. The smallest absolute Gasteiger partial charge is 0.360 e. The molecule has 1 aromatic rings. The van der Waals surface area contributed by atoms with Crippen LogP contribution in [0.4, 0.5) is 0 Å². The maximum absolute atomic E-state index is 11.2. The Balaban J connectivity index is 2.54. The van der Waals surface area contributed by atoms with E-state index in [2.05, 4.69) is 12.1 Å². The first-order chi connectivity index (χ1) is 6.77. The van der Waals surface area contributed by atoms with E-state index in [1.54, 1.807) is 24.8 Å². The summed E-state index contributed by atoms with van der Waals surface area (Å²) in [6, 6.07) is 1.63. The SMILES string of the molecule is CCOC(=O)c1cc(CSCC)on1. The van der Waals surface area contributed by atoms with Gasteiger partial charge in [-0.3, -0.25) is 0 Å². The molecule has 0 radical (unpaired) electrons. The van der Waals surface area contributed by atoms with Crippen molar-refractivity contribution in [1.29, 1.82) is 0 Å². The Morgan fingerprint density at radius 1 is 1.64 bits per heavy atom. The predicted molar refractivity (Wildman–Crippen MR) is 54.3 cm³/mol. The molecular formula is C9H13NO3S. The topological polar surface area (TPSA) is 52.3 Å². The van der Waals surface area contributed by atoms with E-state index in [1.807, 2.05) is 0 Å². The number of carbonyl (C=O) groups is 1. The first-order valence-electron chi connectivity index (χ1n) is 4.48. The molecule has 0 aromatic carbocycles. The number of thioether (sulfide) groups is 1. The van der Waals surface area contributed by atoms with E-state index in [1.165, 1.54) is 0 Å². The molecule has 1 aromatic heterocycles. The molecule has 0 amide bonds. The molecule has 1 heterocycles. The number of hydrogen-bond donors (Lipinski definition) is 0. The standard InChI is InChI=1S/C9H13NO3S/c1-3-12-9(11)8-5-7(13-10-8)6-14-4-2/h5H,3-4,6H2,1-2H3. The van der Waals surface area contributed by atoms with Gasteiger partial charge in [0, 0.05) is 6.07 Å². The van der Waals surface area contributed by atoms with Crippen molar-refractivity contribution in [2.75, 3.05) is 12.4 Å². The van der Waals surface area contributed by atoms with E-state index in [9.17, 15) is 4.79 Å². The Morgan fingerprint density at radius 3 is 3.07 bits per heavy atom. The van der Waals surface area contributed by atoms with Crippen LogP contribution in [0, 0.1) is 0 Å². The van der Waals surface area contributed by atoms with Crippen LogP contribution < -0.4 is 0 Å². The third kappa shape index (κ3) is 3.06. The highest BCUT2D eigenvalue weighted by molar-refractivity contribution is 7.98. The zero-order valence-electron chi connectivity index (χ0n) is 8.28. The van der Waals surface area contributed by atoms with Gasteiger partial charge >= 0.3 is 5.97 Å². The second kappa shape index (κ2) is 5.70. The lowest BCUT2D eigenvalue weighted by molar-refractivity contribution is 0.0514. The number of nitrogens with zero attached hydrogens (tertiary/aromatic N) is 1. The van der Waals surface area contributed by atoms with Crippen LogP contribution in [0.5, 0.6) is 0 Å². The number of carbonyl (C=O) groups excluding carboxylic acids is 1. The van der Waals surface area contributed by atoms with E-state index in [4.69, 9.17) is 9.26 Å². The Hall–Kier alpha value is -0.970. The van der Waals surface area contributed by atoms with Gasteiger partial charge in [-0.25, -0.2) is 4.79 Å². The fourth-order valence-electron chi connectivity index (χ4n) is 0.885. The van der Waals surface area contributed by atoms with Gasteiger partial charge in [0.05, 0.1) is 12.4 Å². The lowest BCUT2D eigenvalue weighted by Crippen LogP contribution is -2.04. The Morgan fingerprint density at radius 2 is 2.43 bits per heavy atom. The maximum atomic E-state index is 11.2. The molecule has 0 spiro atoms. The van der Waals surface area contributed by atoms with Crippen LogP contribution in [-0.4, -0.2) is 23.5 Å². The molecule has 0 aliphatic heterocycles. The molecule has 14 heavy (non-hydrogen) atoms. The number of ether oxygens (including phenoxy) is 1. The molecule has 0 saturated carbocycles. The molecule has 4 nitrogen and oxygen atoms in total. The van der Waals surface area contributed by atoms with Crippen molar-refractivity contribution in [1.82, 2.24) is 5.16 Å². The minimum absolute atomic E-state index is 0.249. The van der Waals surface area contributed by atoms with E-state index in [0.29, 0.717) is 12.4 Å². The number of aromatic nitrogens is 1. The molecule has 0 saturated heterocycles. The highest BCUT2D eigenvalue weighted by Gasteiger charge is 2.12. The highest BCUT2D eigenvalue weighted by atomic mass is 32.2. The molecule has 0 bridgehead atoms. The highest BCUT2D eigenvalue weighted by Crippen LogP contribution is 2.13. The van der Waals surface area contributed by atoms with Crippen LogP contribution in [0.15, 0.2) is 10.6 Å². The van der Waals surface area contributed by atoms with Gasteiger partial charge in [-0.1, -0.05) is 12.1 Å². The van der Waals surface area contributed by atoms with E-state index in [-0.39, 0.29) is 5.69 Å². The van der Waals surface area contributed by atoms with Crippen molar-refractivity contribution in [2.45, 2.75) is 19.6 Å². The fourth-order valence-corrected chi connectivity index (χ4v) is 1.43. The van der Waals surface area contributed by atoms with Crippen molar-refractivity contribution >= 4 is 17.7 Å². The minimum Gasteiger partial charge on any atom is -0.461 e. The summed E-state index contributed by atoms with van der Waals surface area (Å²) in [5.74, 6) is 2.03. The molecule has 0 aliphatic rings. The lowest BCUT2D eigenvalue weighted by Gasteiger charge is -1.94. The summed E-state index contributed by atoms with van der Waals surface area (Å²) in [4.78, 5) is 11.2. The summed E-state index contributed by atoms with van der Waals surface area (Å²) in [6.07, 6.45) is 0. The van der Waals surface area contributed by atoms with Crippen LogP contribution in [0.25, 0.3) is 0 Å². The molecule has 0 unspecified atom stereocenters. The van der Waals surface area contributed by atoms with E-state index < -0.39 is 5.97 Å². The molecule has 0 aliphatic carbocycles. The monoisotopic (exact) mass is 215 g/mol. The number of hydrogen-bond acceptors (Lipinski definition) is 5. The molecule has 0 N–H and O–H groups in total.